The van der Waals surface area contributed by atoms with Crippen molar-refractivity contribution in [2.45, 2.75) is 19.9 Å². The molecule has 10 heteroatoms. The lowest BCUT2D eigenvalue weighted by Crippen LogP contribution is -2.26. The van der Waals surface area contributed by atoms with Gasteiger partial charge in [0.15, 0.2) is 0 Å². The van der Waals surface area contributed by atoms with Crippen molar-refractivity contribution in [3.8, 4) is 0 Å². The molecule has 0 fully saturated rings. The van der Waals surface area contributed by atoms with Crippen LogP contribution < -0.4 is 15.4 Å². The standard InChI is InChI=1S/C22H22FN3O4S2/c1-13-10-19(25-21(27)16-7-4-8-17(23)11-16)31-20(13)22(28)24-14(2)15-6-5-9-18(12-15)26-32(3,29)30/h4-12,14,26H,1-3H3,(H,24,28)(H,25,27). The number of anilines is 2. The maximum atomic E-state index is 13.3. The zero-order valence-corrected chi connectivity index (χ0v) is 19.2. The monoisotopic (exact) mass is 475 g/mol. The summed E-state index contributed by atoms with van der Waals surface area (Å²) in [6, 6.07) is 13.4. The number of carbonyl (C=O) groups excluding carboxylic acids is 2. The highest BCUT2D eigenvalue weighted by Gasteiger charge is 2.18. The molecule has 7 nitrogen and oxygen atoms in total. The lowest BCUT2D eigenvalue weighted by Gasteiger charge is -2.15. The van der Waals surface area contributed by atoms with Gasteiger partial charge in [-0.25, -0.2) is 12.8 Å². The van der Waals surface area contributed by atoms with Gasteiger partial charge in [-0.05, 0) is 61.4 Å². The molecular formula is C22H22FN3O4S2. The number of halogens is 1. The SMILES string of the molecule is Cc1cc(NC(=O)c2cccc(F)c2)sc1C(=O)NC(C)c1cccc(NS(C)(=O)=O)c1. The van der Waals surface area contributed by atoms with Gasteiger partial charge in [0.25, 0.3) is 11.8 Å². The Morgan fingerprint density at radius 3 is 2.44 bits per heavy atom. The molecule has 1 unspecified atom stereocenters. The fourth-order valence-corrected chi connectivity index (χ4v) is 4.54. The Kier molecular flexibility index (Phi) is 6.95. The molecule has 168 valence electrons. The fraction of sp³-hybridized carbons (Fsp3) is 0.182. The number of amides is 2. The van der Waals surface area contributed by atoms with Crippen LogP contribution in [0.5, 0.6) is 0 Å². The zero-order valence-electron chi connectivity index (χ0n) is 17.6. The number of benzene rings is 2. The van der Waals surface area contributed by atoms with Gasteiger partial charge in [-0.2, -0.15) is 0 Å². The van der Waals surface area contributed by atoms with Crippen LogP contribution in [0.25, 0.3) is 0 Å². The van der Waals surface area contributed by atoms with E-state index in [4.69, 9.17) is 0 Å². The quantitative estimate of drug-likeness (QED) is 0.474. The third-order valence-corrected chi connectivity index (χ3v) is 6.24. The van der Waals surface area contributed by atoms with Crippen molar-refractivity contribution >= 4 is 43.9 Å². The summed E-state index contributed by atoms with van der Waals surface area (Å²) in [6.45, 7) is 3.54. The number of thiophene rings is 1. The first-order valence-corrected chi connectivity index (χ1v) is 12.3. The van der Waals surface area contributed by atoms with E-state index in [-0.39, 0.29) is 11.5 Å². The van der Waals surface area contributed by atoms with Crippen molar-refractivity contribution in [1.29, 1.82) is 0 Å². The molecule has 2 aromatic carbocycles. The lowest BCUT2D eigenvalue weighted by molar-refractivity contribution is 0.0942. The molecule has 3 aromatic rings. The van der Waals surface area contributed by atoms with Gasteiger partial charge in [-0.3, -0.25) is 14.3 Å². The molecule has 32 heavy (non-hydrogen) atoms. The van der Waals surface area contributed by atoms with Crippen molar-refractivity contribution in [3.63, 3.8) is 0 Å². The summed E-state index contributed by atoms with van der Waals surface area (Å²) in [4.78, 5) is 25.6. The van der Waals surface area contributed by atoms with E-state index in [9.17, 15) is 22.4 Å². The zero-order chi connectivity index (χ0) is 23.5. The summed E-state index contributed by atoms with van der Waals surface area (Å²) in [6.07, 6.45) is 1.06. The Bertz CT molecular complexity index is 1270. The molecule has 1 aromatic heterocycles. The van der Waals surface area contributed by atoms with Crippen molar-refractivity contribution in [2.24, 2.45) is 0 Å². The molecule has 3 N–H and O–H groups in total. The van der Waals surface area contributed by atoms with Crippen molar-refractivity contribution in [3.05, 3.63) is 82.0 Å². The van der Waals surface area contributed by atoms with Crippen LogP contribution in [-0.4, -0.2) is 26.5 Å². The van der Waals surface area contributed by atoms with Crippen LogP contribution in [0.15, 0.2) is 54.6 Å². The van der Waals surface area contributed by atoms with Gasteiger partial charge in [-0.1, -0.05) is 18.2 Å². The van der Waals surface area contributed by atoms with E-state index in [0.717, 1.165) is 29.2 Å². The second-order valence-corrected chi connectivity index (χ2v) is 10.1. The molecular weight excluding hydrogens is 453 g/mol. The third kappa shape index (κ3) is 6.14. The molecule has 0 bridgehead atoms. The number of aryl methyl sites for hydroxylation is 1. The fourth-order valence-electron chi connectivity index (χ4n) is 3.01. The Morgan fingerprint density at radius 2 is 1.75 bits per heavy atom. The van der Waals surface area contributed by atoms with Gasteiger partial charge in [0.2, 0.25) is 10.0 Å². The minimum atomic E-state index is -3.41. The average Bonchev–Trinajstić information content (AvgIpc) is 3.07. The molecule has 1 atom stereocenters. The number of carbonyl (C=O) groups is 2. The first-order valence-electron chi connectivity index (χ1n) is 9.58. The number of rotatable bonds is 7. The predicted molar refractivity (Wildman–Crippen MR) is 124 cm³/mol. The van der Waals surface area contributed by atoms with Crippen LogP contribution in [0.3, 0.4) is 0 Å². The molecule has 0 radical (unpaired) electrons. The molecule has 0 aliphatic carbocycles. The molecule has 2 amide bonds. The highest BCUT2D eigenvalue weighted by Crippen LogP contribution is 2.28. The topological polar surface area (TPSA) is 104 Å². The molecule has 0 aliphatic heterocycles. The summed E-state index contributed by atoms with van der Waals surface area (Å²) in [7, 11) is -3.41. The molecule has 0 aliphatic rings. The number of hydrogen-bond acceptors (Lipinski definition) is 5. The van der Waals surface area contributed by atoms with Crippen molar-refractivity contribution in [2.75, 3.05) is 16.3 Å². The third-order valence-electron chi connectivity index (χ3n) is 4.49. The lowest BCUT2D eigenvalue weighted by atomic mass is 10.1. The molecule has 0 saturated carbocycles. The van der Waals surface area contributed by atoms with E-state index in [1.54, 1.807) is 44.2 Å². The second kappa shape index (κ2) is 9.49. The molecule has 0 saturated heterocycles. The van der Waals surface area contributed by atoms with Gasteiger partial charge in [0, 0.05) is 11.3 Å². The Morgan fingerprint density at radius 1 is 1.03 bits per heavy atom. The van der Waals surface area contributed by atoms with Crippen molar-refractivity contribution < 1.29 is 22.4 Å². The maximum Gasteiger partial charge on any atom is 0.262 e. The van der Waals surface area contributed by atoms with Crippen LogP contribution >= 0.6 is 11.3 Å². The first-order chi connectivity index (χ1) is 15.0. The highest BCUT2D eigenvalue weighted by atomic mass is 32.2. The van der Waals surface area contributed by atoms with Gasteiger partial charge in [-0.15, -0.1) is 11.3 Å². The first kappa shape index (κ1) is 23.4. The van der Waals surface area contributed by atoms with E-state index in [1.165, 1.54) is 18.2 Å². The summed E-state index contributed by atoms with van der Waals surface area (Å²) < 4.78 is 38.6. The van der Waals surface area contributed by atoms with Crippen LogP contribution in [0.2, 0.25) is 0 Å². The van der Waals surface area contributed by atoms with E-state index < -0.39 is 27.8 Å². The summed E-state index contributed by atoms with van der Waals surface area (Å²) in [5.41, 5.74) is 1.99. The average molecular weight is 476 g/mol. The normalized spacial score (nSPS) is 12.1. The minimum Gasteiger partial charge on any atom is -0.345 e. The number of nitrogens with one attached hydrogen (secondary N) is 3. The van der Waals surface area contributed by atoms with Gasteiger partial charge in [0.1, 0.15) is 5.82 Å². The maximum absolute atomic E-state index is 13.3. The Labute approximate surface area is 189 Å². The number of hydrogen-bond donors (Lipinski definition) is 3. The largest absolute Gasteiger partial charge is 0.345 e. The van der Waals surface area contributed by atoms with E-state index in [0.29, 0.717) is 21.1 Å². The van der Waals surface area contributed by atoms with Crippen LogP contribution in [0, 0.1) is 12.7 Å². The second-order valence-electron chi connectivity index (χ2n) is 7.28. The van der Waals surface area contributed by atoms with Crippen LogP contribution in [0.1, 0.15) is 44.1 Å². The van der Waals surface area contributed by atoms with E-state index in [2.05, 4.69) is 15.4 Å². The minimum absolute atomic E-state index is 0.179. The highest BCUT2D eigenvalue weighted by molar-refractivity contribution is 7.92. The van der Waals surface area contributed by atoms with Crippen LogP contribution in [0.4, 0.5) is 15.1 Å². The van der Waals surface area contributed by atoms with E-state index >= 15 is 0 Å². The van der Waals surface area contributed by atoms with Gasteiger partial charge in [0.05, 0.1) is 22.2 Å². The Hall–Kier alpha value is -3.24. The number of sulfonamides is 1. The van der Waals surface area contributed by atoms with E-state index in [1.807, 2.05) is 0 Å². The summed E-state index contributed by atoms with van der Waals surface area (Å²) in [5, 5.41) is 6.03. The summed E-state index contributed by atoms with van der Waals surface area (Å²) in [5.74, 6) is -1.31. The van der Waals surface area contributed by atoms with Gasteiger partial charge < -0.3 is 10.6 Å². The molecule has 0 spiro atoms. The predicted octanol–water partition coefficient (Wildman–Crippen LogP) is 4.31. The molecule has 1 heterocycles. The van der Waals surface area contributed by atoms with Crippen LogP contribution in [-0.2, 0) is 10.0 Å². The molecule has 3 rings (SSSR count). The smallest absolute Gasteiger partial charge is 0.262 e. The van der Waals surface area contributed by atoms with Crippen molar-refractivity contribution in [1.82, 2.24) is 5.32 Å². The summed E-state index contributed by atoms with van der Waals surface area (Å²) >= 11 is 1.11. The van der Waals surface area contributed by atoms with Gasteiger partial charge >= 0.3 is 0 Å². The Balaban J connectivity index is 1.70.